The maximum atomic E-state index is 13.0. The third-order valence-electron chi connectivity index (χ3n) is 6.50. The molecule has 1 saturated heterocycles. The van der Waals surface area contributed by atoms with Crippen LogP contribution in [-0.2, 0) is 27.6 Å². The van der Waals surface area contributed by atoms with E-state index in [0.717, 1.165) is 36.2 Å². The Morgan fingerprint density at radius 2 is 1.66 bits per heavy atom. The van der Waals surface area contributed by atoms with Gasteiger partial charge in [0.15, 0.2) is 5.11 Å². The van der Waals surface area contributed by atoms with Crippen molar-refractivity contribution in [3.63, 3.8) is 0 Å². The third-order valence-corrected chi connectivity index (χ3v) is 9.98. The fourth-order valence-electron chi connectivity index (χ4n) is 4.53. The summed E-state index contributed by atoms with van der Waals surface area (Å²) in [6.45, 7) is 1.56. The number of esters is 1. The van der Waals surface area contributed by atoms with E-state index < -0.39 is 10.0 Å². The molecule has 2 aliphatic rings. The highest BCUT2D eigenvalue weighted by atomic mass is 32.2. The molecule has 35 heavy (non-hydrogen) atoms. The van der Waals surface area contributed by atoms with Crippen molar-refractivity contribution < 1.29 is 22.7 Å². The van der Waals surface area contributed by atoms with Crippen LogP contribution in [0.25, 0.3) is 0 Å². The molecule has 0 bridgehead atoms. The molecule has 8 nitrogen and oxygen atoms in total. The fraction of sp³-hybridized carbons (Fsp3) is 0.500. The van der Waals surface area contributed by atoms with Gasteiger partial charge in [0.25, 0.3) is 0 Å². The van der Waals surface area contributed by atoms with Gasteiger partial charge in [-0.05, 0) is 67.7 Å². The number of anilines is 1. The summed E-state index contributed by atoms with van der Waals surface area (Å²) in [7, 11) is -0.651. The van der Waals surface area contributed by atoms with Crippen molar-refractivity contribution in [1.82, 2.24) is 9.21 Å². The number of fused-ring (bicyclic) bond motifs is 1. The van der Waals surface area contributed by atoms with E-state index in [1.165, 1.54) is 29.1 Å². The van der Waals surface area contributed by atoms with E-state index >= 15 is 0 Å². The zero-order valence-corrected chi connectivity index (χ0v) is 22.5. The van der Waals surface area contributed by atoms with Crippen molar-refractivity contribution in [2.45, 2.75) is 43.4 Å². The van der Waals surface area contributed by atoms with Gasteiger partial charge in [0.2, 0.25) is 10.0 Å². The van der Waals surface area contributed by atoms with Crippen molar-refractivity contribution >= 4 is 49.7 Å². The Morgan fingerprint density at radius 3 is 2.29 bits per heavy atom. The Morgan fingerprint density at radius 1 is 1.00 bits per heavy atom. The molecule has 0 radical (unpaired) electrons. The molecule has 1 N–H and O–H groups in total. The number of nitrogens with zero attached hydrogens (tertiary/aromatic N) is 2. The van der Waals surface area contributed by atoms with Crippen LogP contribution in [0.15, 0.2) is 29.2 Å². The standard InChI is InChI=1S/C24H31N3O5S3/c1-31-17-9-11-18(12-10-17)35(29,30)27-15-13-26(14-16-27)24(33)25-22-21(23(28)32-2)19-7-5-3-4-6-8-20(19)34-22/h9-12H,3-8,13-16H2,1-2H3,(H,25,33). The summed E-state index contributed by atoms with van der Waals surface area (Å²) in [5.74, 6) is 0.266. The molecule has 1 aliphatic carbocycles. The number of piperazine rings is 1. The molecule has 4 rings (SSSR count). The first-order valence-electron chi connectivity index (χ1n) is 11.8. The van der Waals surface area contributed by atoms with Gasteiger partial charge >= 0.3 is 5.97 Å². The van der Waals surface area contributed by atoms with E-state index in [2.05, 4.69) is 5.32 Å². The molecule has 0 spiro atoms. The van der Waals surface area contributed by atoms with Gasteiger partial charge in [0.05, 0.1) is 24.7 Å². The summed E-state index contributed by atoms with van der Waals surface area (Å²) in [5.41, 5.74) is 1.68. The zero-order chi connectivity index (χ0) is 25.0. The quantitative estimate of drug-likeness (QED) is 0.454. The van der Waals surface area contributed by atoms with E-state index in [0.29, 0.717) is 42.6 Å². The lowest BCUT2D eigenvalue weighted by Gasteiger charge is -2.35. The molecule has 190 valence electrons. The summed E-state index contributed by atoms with van der Waals surface area (Å²) in [6.07, 6.45) is 6.37. The number of benzene rings is 1. The van der Waals surface area contributed by atoms with Gasteiger partial charge in [0.1, 0.15) is 10.8 Å². The highest BCUT2D eigenvalue weighted by molar-refractivity contribution is 7.89. The number of hydrogen-bond acceptors (Lipinski definition) is 7. The number of hydrogen-bond donors (Lipinski definition) is 1. The molecule has 2 heterocycles. The van der Waals surface area contributed by atoms with E-state index in [4.69, 9.17) is 21.7 Å². The van der Waals surface area contributed by atoms with Crippen LogP contribution in [0, 0.1) is 0 Å². The topological polar surface area (TPSA) is 88.2 Å². The number of ether oxygens (including phenoxy) is 2. The minimum Gasteiger partial charge on any atom is -0.497 e. The molecule has 1 aliphatic heterocycles. The number of methoxy groups -OCH3 is 2. The van der Waals surface area contributed by atoms with Crippen LogP contribution in [-0.4, -0.2) is 69.1 Å². The Hall–Kier alpha value is -2.21. The normalized spacial score (nSPS) is 17.1. The predicted molar refractivity (Wildman–Crippen MR) is 141 cm³/mol. The second kappa shape index (κ2) is 11.2. The molecule has 1 fully saturated rings. The summed E-state index contributed by atoms with van der Waals surface area (Å²) >= 11 is 7.26. The maximum absolute atomic E-state index is 13.0. The predicted octanol–water partition coefficient (Wildman–Crippen LogP) is 3.91. The van der Waals surface area contributed by atoms with Crippen molar-refractivity contribution in [3.8, 4) is 5.75 Å². The number of sulfonamides is 1. The highest BCUT2D eigenvalue weighted by Gasteiger charge is 2.31. The molecule has 1 aromatic carbocycles. The largest absolute Gasteiger partial charge is 0.497 e. The number of nitrogens with one attached hydrogen (secondary N) is 1. The monoisotopic (exact) mass is 537 g/mol. The smallest absolute Gasteiger partial charge is 0.341 e. The second-order valence-corrected chi connectivity index (χ2v) is 12.0. The SMILES string of the molecule is COC(=O)c1c(NC(=S)N2CCN(S(=O)(=O)c3ccc(OC)cc3)CC2)sc2c1CCCCCC2. The van der Waals surface area contributed by atoms with Gasteiger partial charge in [-0.2, -0.15) is 4.31 Å². The Labute approximate surface area is 216 Å². The summed E-state index contributed by atoms with van der Waals surface area (Å²) < 4.78 is 37.8. The van der Waals surface area contributed by atoms with Gasteiger partial charge in [-0.15, -0.1) is 11.3 Å². The molecular formula is C24H31N3O5S3. The molecular weight excluding hydrogens is 506 g/mol. The van der Waals surface area contributed by atoms with Crippen LogP contribution in [0.5, 0.6) is 5.75 Å². The number of thiophene rings is 1. The van der Waals surface area contributed by atoms with Gasteiger partial charge in [-0.3, -0.25) is 0 Å². The lowest BCUT2D eigenvalue weighted by atomic mass is 9.96. The highest BCUT2D eigenvalue weighted by Crippen LogP contribution is 2.37. The molecule has 0 unspecified atom stereocenters. The first kappa shape index (κ1) is 25.9. The minimum absolute atomic E-state index is 0.242. The van der Waals surface area contributed by atoms with Crippen molar-refractivity contribution in [2.75, 3.05) is 45.7 Å². The number of thiocarbonyl (C=S) groups is 1. The van der Waals surface area contributed by atoms with Gasteiger partial charge in [-0.1, -0.05) is 12.8 Å². The fourth-order valence-corrected chi connectivity index (χ4v) is 7.58. The van der Waals surface area contributed by atoms with Crippen LogP contribution in [0.2, 0.25) is 0 Å². The third kappa shape index (κ3) is 5.63. The van der Waals surface area contributed by atoms with Crippen LogP contribution >= 0.6 is 23.6 Å². The Bertz CT molecular complexity index is 1170. The summed E-state index contributed by atoms with van der Waals surface area (Å²) in [6, 6.07) is 6.41. The first-order valence-corrected chi connectivity index (χ1v) is 14.4. The van der Waals surface area contributed by atoms with E-state index in [9.17, 15) is 13.2 Å². The van der Waals surface area contributed by atoms with E-state index in [1.807, 2.05) is 4.90 Å². The van der Waals surface area contributed by atoms with Gasteiger partial charge in [-0.25, -0.2) is 13.2 Å². The van der Waals surface area contributed by atoms with Crippen molar-refractivity contribution in [3.05, 3.63) is 40.3 Å². The number of carbonyl (C=O) groups is 1. The van der Waals surface area contributed by atoms with Crippen LogP contribution in [0.4, 0.5) is 5.00 Å². The molecule has 0 amide bonds. The minimum atomic E-state index is -3.60. The van der Waals surface area contributed by atoms with Crippen molar-refractivity contribution in [2.24, 2.45) is 0 Å². The lowest BCUT2D eigenvalue weighted by Crippen LogP contribution is -2.51. The van der Waals surface area contributed by atoms with Crippen LogP contribution in [0.1, 0.15) is 46.5 Å². The molecule has 0 atom stereocenters. The Kier molecular flexibility index (Phi) is 8.31. The lowest BCUT2D eigenvalue weighted by molar-refractivity contribution is 0.0601. The van der Waals surface area contributed by atoms with Gasteiger partial charge in [0, 0.05) is 31.1 Å². The average Bonchev–Trinajstić information content (AvgIpc) is 3.19. The van der Waals surface area contributed by atoms with Crippen LogP contribution in [0.3, 0.4) is 0 Å². The molecule has 2 aromatic rings. The van der Waals surface area contributed by atoms with E-state index in [-0.39, 0.29) is 10.9 Å². The molecule has 1 aromatic heterocycles. The summed E-state index contributed by atoms with van der Waals surface area (Å²) in [5, 5.41) is 4.50. The second-order valence-electron chi connectivity index (χ2n) is 8.61. The summed E-state index contributed by atoms with van der Waals surface area (Å²) in [4.78, 5) is 16.1. The van der Waals surface area contributed by atoms with Crippen LogP contribution < -0.4 is 10.1 Å². The molecule has 11 heteroatoms. The van der Waals surface area contributed by atoms with Gasteiger partial charge < -0.3 is 19.7 Å². The maximum Gasteiger partial charge on any atom is 0.341 e. The number of aryl methyl sites for hydroxylation is 1. The van der Waals surface area contributed by atoms with E-state index in [1.54, 1.807) is 42.7 Å². The zero-order valence-electron chi connectivity index (χ0n) is 20.0. The average molecular weight is 538 g/mol. The molecule has 0 saturated carbocycles. The van der Waals surface area contributed by atoms with Crippen molar-refractivity contribution in [1.29, 1.82) is 0 Å². The number of rotatable bonds is 5. The number of carbonyl (C=O) groups excluding carboxylic acids is 1. The Balaban J connectivity index is 1.44. The first-order chi connectivity index (χ1) is 16.8.